The predicted molar refractivity (Wildman–Crippen MR) is 65.8 cm³/mol. The molecule has 94 valence electrons. The SMILES string of the molecule is CC[C@H]1CN1P(=O)(OCCCl)N1C[C@@H]1CC. The van der Waals surface area contributed by atoms with Crippen LogP contribution in [0.4, 0.5) is 0 Å². The maximum atomic E-state index is 12.8. The van der Waals surface area contributed by atoms with Gasteiger partial charge in [-0.25, -0.2) is 9.34 Å². The number of rotatable bonds is 7. The van der Waals surface area contributed by atoms with E-state index >= 15 is 0 Å². The number of hydrogen-bond acceptors (Lipinski definition) is 2. The molecule has 0 aromatic carbocycles. The second kappa shape index (κ2) is 4.95. The molecule has 2 aliphatic heterocycles. The van der Waals surface area contributed by atoms with Gasteiger partial charge in [0.05, 0.1) is 6.61 Å². The first-order valence-corrected chi connectivity index (χ1v) is 8.08. The summed E-state index contributed by atoms with van der Waals surface area (Å²) < 4.78 is 22.4. The third-order valence-corrected chi connectivity index (χ3v) is 6.25. The molecule has 0 N–H and O–H groups in total. The average molecular weight is 267 g/mol. The van der Waals surface area contributed by atoms with Crippen LogP contribution in [0.1, 0.15) is 26.7 Å². The topological polar surface area (TPSA) is 32.3 Å². The average Bonchev–Trinajstić information content (AvgIpc) is 3.17. The Bertz CT molecular complexity index is 281. The smallest absolute Gasteiger partial charge is 0.305 e. The summed E-state index contributed by atoms with van der Waals surface area (Å²) in [4.78, 5) is 0. The van der Waals surface area contributed by atoms with E-state index in [9.17, 15) is 4.57 Å². The molecule has 2 saturated heterocycles. The van der Waals surface area contributed by atoms with Crippen LogP contribution in [0, 0.1) is 0 Å². The van der Waals surface area contributed by atoms with Crippen molar-refractivity contribution in [2.24, 2.45) is 0 Å². The Balaban J connectivity index is 2.00. The van der Waals surface area contributed by atoms with Gasteiger partial charge in [0.1, 0.15) is 0 Å². The molecule has 2 unspecified atom stereocenters. The third-order valence-electron chi connectivity index (χ3n) is 3.30. The summed E-state index contributed by atoms with van der Waals surface area (Å²) in [6, 6.07) is 0.888. The van der Waals surface area contributed by atoms with Gasteiger partial charge in [-0.2, -0.15) is 0 Å². The number of nitrogens with zero attached hydrogens (tertiary/aromatic N) is 2. The molecule has 4 nitrogen and oxygen atoms in total. The van der Waals surface area contributed by atoms with Crippen LogP contribution < -0.4 is 0 Å². The second-order valence-electron chi connectivity index (χ2n) is 4.38. The standard InChI is InChI=1S/C10H20ClN2O2P/c1-3-9-7-12(9)16(14,15-6-5-11)13-8-10(13)4-2/h9-10H,3-8H2,1-2H3/t9-,10-,12?,13?,16?/m0/s1. The Morgan fingerprint density at radius 3 is 2.06 bits per heavy atom. The van der Waals surface area contributed by atoms with Gasteiger partial charge in [-0.15, -0.1) is 11.6 Å². The molecule has 0 radical (unpaired) electrons. The van der Waals surface area contributed by atoms with Gasteiger partial charge in [0.25, 0.3) is 0 Å². The first-order chi connectivity index (χ1) is 7.67. The van der Waals surface area contributed by atoms with Gasteiger partial charge in [-0.05, 0) is 12.8 Å². The van der Waals surface area contributed by atoms with E-state index in [0.717, 1.165) is 25.9 Å². The van der Waals surface area contributed by atoms with Crippen molar-refractivity contribution in [3.63, 3.8) is 0 Å². The van der Waals surface area contributed by atoms with E-state index in [1.165, 1.54) is 0 Å². The quantitative estimate of drug-likeness (QED) is 0.403. The zero-order valence-corrected chi connectivity index (χ0v) is 11.6. The lowest BCUT2D eigenvalue weighted by Crippen LogP contribution is -2.13. The second-order valence-corrected chi connectivity index (χ2v) is 7.03. The van der Waals surface area contributed by atoms with Crippen molar-refractivity contribution in [2.75, 3.05) is 25.6 Å². The molecular weight excluding hydrogens is 247 g/mol. The van der Waals surface area contributed by atoms with Crippen LogP contribution in [0.2, 0.25) is 0 Å². The molecule has 0 aliphatic carbocycles. The number of hydrogen-bond donors (Lipinski definition) is 0. The molecule has 0 aromatic heterocycles. The van der Waals surface area contributed by atoms with Crippen LogP contribution in [-0.2, 0) is 9.09 Å². The van der Waals surface area contributed by atoms with E-state index in [1.807, 2.05) is 9.34 Å². The van der Waals surface area contributed by atoms with Crippen molar-refractivity contribution in [3.8, 4) is 0 Å². The highest BCUT2D eigenvalue weighted by Crippen LogP contribution is 2.65. The molecule has 0 saturated carbocycles. The molecule has 0 bridgehead atoms. The fraction of sp³-hybridized carbons (Fsp3) is 1.00. The Morgan fingerprint density at radius 2 is 1.75 bits per heavy atom. The lowest BCUT2D eigenvalue weighted by Gasteiger charge is -2.21. The largest absolute Gasteiger partial charge is 0.346 e. The molecule has 0 amide bonds. The van der Waals surface area contributed by atoms with Gasteiger partial charge in [-0.3, -0.25) is 4.57 Å². The zero-order chi connectivity index (χ0) is 11.8. The maximum Gasteiger partial charge on any atom is 0.346 e. The third kappa shape index (κ3) is 2.32. The van der Waals surface area contributed by atoms with Crippen molar-refractivity contribution in [1.29, 1.82) is 0 Å². The van der Waals surface area contributed by atoms with Crippen molar-refractivity contribution in [1.82, 2.24) is 9.34 Å². The summed E-state index contributed by atoms with van der Waals surface area (Å²) in [7, 11) is -2.72. The van der Waals surface area contributed by atoms with E-state index in [-0.39, 0.29) is 0 Å². The van der Waals surface area contributed by atoms with Gasteiger partial charge in [0, 0.05) is 31.1 Å². The Hall–Kier alpha value is 0.400. The predicted octanol–water partition coefficient (Wildman–Crippen LogP) is 2.54. The maximum absolute atomic E-state index is 12.8. The molecule has 4 atom stereocenters. The fourth-order valence-corrected chi connectivity index (χ4v) is 5.13. The Labute approximate surface area is 102 Å². The minimum atomic E-state index is -2.72. The first kappa shape index (κ1) is 12.8. The summed E-state index contributed by atoms with van der Waals surface area (Å²) in [5.41, 5.74) is 0. The van der Waals surface area contributed by atoms with Crippen LogP contribution in [0.5, 0.6) is 0 Å². The van der Waals surface area contributed by atoms with Crippen molar-refractivity contribution < 1.29 is 9.09 Å². The highest BCUT2D eigenvalue weighted by Gasteiger charge is 2.57. The van der Waals surface area contributed by atoms with Crippen LogP contribution in [0.25, 0.3) is 0 Å². The molecule has 16 heavy (non-hydrogen) atoms. The molecule has 2 fully saturated rings. The van der Waals surface area contributed by atoms with Crippen LogP contribution >= 0.6 is 19.3 Å². The minimum absolute atomic E-state index is 0.374. The van der Waals surface area contributed by atoms with E-state index in [1.54, 1.807) is 0 Å². The highest BCUT2D eigenvalue weighted by atomic mass is 35.5. The molecule has 6 heteroatoms. The minimum Gasteiger partial charge on any atom is -0.305 e. The molecule has 0 aromatic rings. The molecule has 2 aliphatic rings. The van der Waals surface area contributed by atoms with Crippen LogP contribution in [0.15, 0.2) is 0 Å². The van der Waals surface area contributed by atoms with Crippen molar-refractivity contribution in [2.45, 2.75) is 38.8 Å². The fourth-order valence-electron chi connectivity index (χ4n) is 2.09. The van der Waals surface area contributed by atoms with E-state index in [2.05, 4.69) is 13.8 Å². The van der Waals surface area contributed by atoms with E-state index in [4.69, 9.17) is 16.1 Å². The lowest BCUT2D eigenvalue weighted by atomic mass is 10.4. The monoisotopic (exact) mass is 266 g/mol. The molecule has 2 heterocycles. The van der Waals surface area contributed by atoms with Crippen molar-refractivity contribution >= 4 is 19.3 Å². The van der Waals surface area contributed by atoms with Crippen molar-refractivity contribution in [3.05, 3.63) is 0 Å². The number of alkyl halides is 1. The van der Waals surface area contributed by atoms with E-state index < -0.39 is 7.67 Å². The summed E-state index contributed by atoms with van der Waals surface area (Å²) >= 11 is 5.62. The van der Waals surface area contributed by atoms with Crippen LogP contribution in [-0.4, -0.2) is 47.0 Å². The zero-order valence-electron chi connectivity index (χ0n) is 9.93. The van der Waals surface area contributed by atoms with Gasteiger partial charge in [0.2, 0.25) is 0 Å². The van der Waals surface area contributed by atoms with E-state index in [0.29, 0.717) is 24.6 Å². The Morgan fingerprint density at radius 1 is 1.25 bits per heavy atom. The lowest BCUT2D eigenvalue weighted by molar-refractivity contribution is 0.283. The molecular formula is C10H20ClN2O2P. The summed E-state index contributed by atoms with van der Waals surface area (Å²) in [5, 5.41) is 0. The first-order valence-electron chi connectivity index (χ1n) is 6.02. The summed E-state index contributed by atoms with van der Waals surface area (Å²) in [5.74, 6) is 0.402. The molecule has 0 spiro atoms. The summed E-state index contributed by atoms with van der Waals surface area (Å²) in [6.45, 7) is 6.43. The van der Waals surface area contributed by atoms with Gasteiger partial charge in [-0.1, -0.05) is 13.8 Å². The molecule has 2 rings (SSSR count). The normalized spacial score (nSPS) is 40.4. The van der Waals surface area contributed by atoms with Crippen LogP contribution in [0.3, 0.4) is 0 Å². The number of halogens is 1. The van der Waals surface area contributed by atoms with Gasteiger partial charge < -0.3 is 4.52 Å². The highest BCUT2D eigenvalue weighted by molar-refractivity contribution is 7.54. The van der Waals surface area contributed by atoms with Gasteiger partial charge in [0.15, 0.2) is 0 Å². The van der Waals surface area contributed by atoms with Gasteiger partial charge >= 0.3 is 7.67 Å². The summed E-state index contributed by atoms with van der Waals surface area (Å²) in [6.07, 6.45) is 2.08. The Kier molecular flexibility index (Phi) is 3.97.